The zero-order valence-electron chi connectivity index (χ0n) is 15.1. The quantitative estimate of drug-likeness (QED) is 0.756. The number of rotatable bonds is 6. The number of nitrogens with zero attached hydrogens (tertiary/aromatic N) is 6. The van der Waals surface area contributed by atoms with E-state index in [-0.39, 0.29) is 18.6 Å². The molecule has 2 aromatic rings. The normalized spacial score (nSPS) is 20.7. The summed E-state index contributed by atoms with van der Waals surface area (Å²) in [7, 11) is 0. The zero-order valence-corrected chi connectivity index (χ0v) is 15.1. The van der Waals surface area contributed by atoms with Gasteiger partial charge in [-0.1, -0.05) is 5.16 Å². The van der Waals surface area contributed by atoms with Gasteiger partial charge in [-0.05, 0) is 18.9 Å². The minimum absolute atomic E-state index is 0.0529. The number of ether oxygens (including phenoxy) is 1. The van der Waals surface area contributed by atoms with Crippen LogP contribution in [0.1, 0.15) is 30.7 Å². The van der Waals surface area contributed by atoms with E-state index in [9.17, 15) is 4.79 Å². The smallest absolute Gasteiger partial charge is 0.255 e. The van der Waals surface area contributed by atoms with Crippen molar-refractivity contribution >= 4 is 11.9 Å². The second-order valence-electron chi connectivity index (χ2n) is 6.64. The fourth-order valence-electron chi connectivity index (χ4n) is 3.24. The molecule has 0 radical (unpaired) electrons. The van der Waals surface area contributed by atoms with Crippen molar-refractivity contribution in [2.75, 3.05) is 44.2 Å². The standard InChI is InChI=1S/C17H23N7O3/c25-15(20-11-14-21-16(27-22-14)13-3-1-10-26-13)12-23-6-8-24(9-7-23)17-18-4-2-5-19-17/h2,4-5,13H,1,3,6-12H2,(H,20,25)/t13-/m0/s1. The first-order valence-electron chi connectivity index (χ1n) is 9.23. The average Bonchev–Trinajstić information content (AvgIpc) is 3.39. The van der Waals surface area contributed by atoms with Crippen molar-refractivity contribution in [3.8, 4) is 0 Å². The van der Waals surface area contributed by atoms with E-state index in [1.807, 2.05) is 0 Å². The van der Waals surface area contributed by atoms with Crippen molar-refractivity contribution in [1.29, 1.82) is 0 Å². The van der Waals surface area contributed by atoms with E-state index in [4.69, 9.17) is 9.26 Å². The largest absolute Gasteiger partial charge is 0.368 e. The molecular weight excluding hydrogens is 350 g/mol. The number of anilines is 1. The number of nitrogens with one attached hydrogen (secondary N) is 1. The predicted molar refractivity (Wildman–Crippen MR) is 94.8 cm³/mol. The van der Waals surface area contributed by atoms with Crippen LogP contribution in [0.5, 0.6) is 0 Å². The first-order valence-corrected chi connectivity index (χ1v) is 9.23. The van der Waals surface area contributed by atoms with Gasteiger partial charge in [-0.15, -0.1) is 0 Å². The van der Waals surface area contributed by atoms with Gasteiger partial charge in [0.05, 0.1) is 13.1 Å². The molecule has 0 aromatic carbocycles. The fraction of sp³-hybridized carbons (Fsp3) is 0.588. The van der Waals surface area contributed by atoms with E-state index in [1.54, 1.807) is 18.5 Å². The zero-order chi connectivity index (χ0) is 18.5. The van der Waals surface area contributed by atoms with Gasteiger partial charge in [0.2, 0.25) is 11.9 Å². The SMILES string of the molecule is O=C(CN1CCN(c2ncccn2)CC1)NCc1noc([C@@H]2CCCO2)n1. The molecule has 1 amide bonds. The third-order valence-electron chi connectivity index (χ3n) is 4.71. The first kappa shape index (κ1) is 17.8. The molecular formula is C17H23N7O3. The number of carbonyl (C=O) groups excluding carboxylic acids is 1. The van der Waals surface area contributed by atoms with Gasteiger partial charge >= 0.3 is 0 Å². The highest BCUT2D eigenvalue weighted by molar-refractivity contribution is 5.77. The number of hydrogen-bond donors (Lipinski definition) is 1. The van der Waals surface area contributed by atoms with Crippen molar-refractivity contribution in [3.05, 3.63) is 30.2 Å². The third-order valence-corrected chi connectivity index (χ3v) is 4.71. The molecule has 10 heteroatoms. The lowest BCUT2D eigenvalue weighted by Gasteiger charge is -2.34. The minimum Gasteiger partial charge on any atom is -0.368 e. The summed E-state index contributed by atoms with van der Waals surface area (Å²) in [6.07, 6.45) is 5.28. The van der Waals surface area contributed by atoms with E-state index in [0.717, 1.165) is 51.6 Å². The molecule has 1 atom stereocenters. The number of piperazine rings is 1. The molecule has 2 saturated heterocycles. The molecule has 1 N–H and O–H groups in total. The molecule has 4 rings (SSSR count). The molecule has 27 heavy (non-hydrogen) atoms. The van der Waals surface area contributed by atoms with Crippen LogP contribution in [-0.4, -0.2) is 70.2 Å². The molecule has 10 nitrogen and oxygen atoms in total. The highest BCUT2D eigenvalue weighted by Gasteiger charge is 2.24. The summed E-state index contributed by atoms with van der Waals surface area (Å²) in [5, 5.41) is 6.76. The number of hydrogen-bond acceptors (Lipinski definition) is 9. The van der Waals surface area contributed by atoms with Crippen LogP contribution < -0.4 is 10.2 Å². The second kappa shape index (κ2) is 8.40. The molecule has 0 spiro atoms. The van der Waals surface area contributed by atoms with E-state index >= 15 is 0 Å². The van der Waals surface area contributed by atoms with Crippen LogP contribution in [0.4, 0.5) is 5.95 Å². The average molecular weight is 373 g/mol. The topological polar surface area (TPSA) is 110 Å². The predicted octanol–water partition coefficient (Wildman–Crippen LogP) is 0.150. The van der Waals surface area contributed by atoms with Crippen LogP contribution in [0, 0.1) is 0 Å². The Morgan fingerprint density at radius 1 is 1.22 bits per heavy atom. The first-order chi connectivity index (χ1) is 13.3. The number of amides is 1. The molecule has 144 valence electrons. The van der Waals surface area contributed by atoms with Gasteiger partial charge in [0.15, 0.2) is 5.82 Å². The van der Waals surface area contributed by atoms with Gasteiger partial charge in [0.1, 0.15) is 6.10 Å². The number of aromatic nitrogens is 4. The van der Waals surface area contributed by atoms with Crippen LogP contribution in [0.2, 0.25) is 0 Å². The van der Waals surface area contributed by atoms with E-state index in [2.05, 4.69) is 35.2 Å². The second-order valence-corrected chi connectivity index (χ2v) is 6.64. The molecule has 0 unspecified atom stereocenters. The van der Waals surface area contributed by atoms with Crippen LogP contribution in [0.3, 0.4) is 0 Å². The Bertz CT molecular complexity index is 740. The van der Waals surface area contributed by atoms with E-state index in [1.165, 1.54) is 0 Å². The van der Waals surface area contributed by atoms with Gasteiger partial charge in [0, 0.05) is 45.2 Å². The summed E-state index contributed by atoms with van der Waals surface area (Å²) in [5.74, 6) is 1.65. The molecule has 0 bridgehead atoms. The fourth-order valence-corrected chi connectivity index (χ4v) is 3.24. The lowest BCUT2D eigenvalue weighted by Crippen LogP contribution is -2.49. The maximum Gasteiger partial charge on any atom is 0.255 e. The molecule has 0 aliphatic carbocycles. The summed E-state index contributed by atoms with van der Waals surface area (Å²) in [6.45, 7) is 4.50. The third kappa shape index (κ3) is 4.58. The Kier molecular flexibility index (Phi) is 5.54. The molecule has 4 heterocycles. The number of carbonyl (C=O) groups is 1. The lowest BCUT2D eigenvalue weighted by molar-refractivity contribution is -0.122. The van der Waals surface area contributed by atoms with E-state index in [0.29, 0.717) is 18.3 Å². The molecule has 2 aliphatic rings. The Morgan fingerprint density at radius 2 is 2.04 bits per heavy atom. The molecule has 2 aromatic heterocycles. The Labute approximate surface area is 156 Å². The van der Waals surface area contributed by atoms with Crippen molar-refractivity contribution in [2.45, 2.75) is 25.5 Å². The minimum atomic E-state index is -0.105. The Balaban J connectivity index is 1.19. The molecule has 2 aliphatic heterocycles. The maximum atomic E-state index is 12.2. The van der Waals surface area contributed by atoms with Crippen molar-refractivity contribution < 1.29 is 14.1 Å². The monoisotopic (exact) mass is 373 g/mol. The van der Waals surface area contributed by atoms with Crippen LogP contribution >= 0.6 is 0 Å². The summed E-state index contributed by atoms with van der Waals surface area (Å²) in [6, 6.07) is 1.80. The van der Waals surface area contributed by atoms with Crippen LogP contribution in [0.25, 0.3) is 0 Å². The van der Waals surface area contributed by atoms with Gasteiger partial charge in [-0.25, -0.2) is 9.97 Å². The highest BCUT2D eigenvalue weighted by Crippen LogP contribution is 2.26. The van der Waals surface area contributed by atoms with Gasteiger partial charge in [0.25, 0.3) is 5.89 Å². The summed E-state index contributed by atoms with van der Waals surface area (Å²) in [4.78, 5) is 29.3. The van der Waals surface area contributed by atoms with Crippen molar-refractivity contribution in [3.63, 3.8) is 0 Å². The molecule has 2 fully saturated rings. The van der Waals surface area contributed by atoms with Crippen molar-refractivity contribution in [1.82, 2.24) is 30.3 Å². The lowest BCUT2D eigenvalue weighted by atomic mass is 10.2. The Morgan fingerprint density at radius 3 is 2.78 bits per heavy atom. The van der Waals surface area contributed by atoms with Gasteiger partial charge in [-0.2, -0.15) is 4.98 Å². The van der Waals surface area contributed by atoms with Crippen LogP contribution in [0.15, 0.2) is 23.0 Å². The Hall–Kier alpha value is -2.59. The molecule has 0 saturated carbocycles. The summed E-state index contributed by atoms with van der Waals surface area (Å²) < 4.78 is 10.7. The van der Waals surface area contributed by atoms with Gasteiger partial charge in [-0.3, -0.25) is 9.69 Å². The maximum absolute atomic E-state index is 12.2. The summed E-state index contributed by atoms with van der Waals surface area (Å²) in [5.41, 5.74) is 0. The van der Waals surface area contributed by atoms with Crippen LogP contribution in [-0.2, 0) is 16.1 Å². The highest BCUT2D eigenvalue weighted by atomic mass is 16.5. The van der Waals surface area contributed by atoms with Gasteiger partial charge < -0.3 is 19.5 Å². The summed E-state index contributed by atoms with van der Waals surface area (Å²) >= 11 is 0. The van der Waals surface area contributed by atoms with Crippen molar-refractivity contribution in [2.24, 2.45) is 0 Å². The van der Waals surface area contributed by atoms with E-state index < -0.39 is 0 Å².